The highest BCUT2D eigenvalue weighted by Crippen LogP contribution is 2.62. The van der Waals surface area contributed by atoms with Crippen LogP contribution in [0.1, 0.15) is 85.9 Å². The van der Waals surface area contributed by atoms with Crippen molar-refractivity contribution in [3.8, 4) is 24.3 Å². The highest BCUT2D eigenvalue weighted by molar-refractivity contribution is 7.44. The van der Waals surface area contributed by atoms with Crippen molar-refractivity contribution in [2.24, 2.45) is 0 Å². The van der Waals surface area contributed by atoms with E-state index in [2.05, 4.69) is 48.6 Å². The van der Waals surface area contributed by atoms with Crippen molar-refractivity contribution in [3.63, 3.8) is 0 Å². The monoisotopic (exact) mass is 642 g/mol. The molecule has 0 radical (unpaired) electrons. The molecule has 44 heavy (non-hydrogen) atoms. The first-order valence-corrected chi connectivity index (χ1v) is 18.5. The van der Waals surface area contributed by atoms with Crippen molar-refractivity contribution in [3.05, 3.63) is 67.0 Å². The number of hydrogen-bond acceptors (Lipinski definition) is 8. The Morgan fingerprint density at radius 2 is 1.20 bits per heavy atom. The first-order chi connectivity index (χ1) is 21.6. The number of hydrogen-bond donors (Lipinski definition) is 0. The zero-order valence-corrected chi connectivity index (χ0v) is 27.3. The van der Waals surface area contributed by atoms with Gasteiger partial charge in [0.25, 0.3) is 0 Å². The molecule has 8 rings (SSSR count). The van der Waals surface area contributed by atoms with E-state index in [1.807, 2.05) is 45.3 Å². The minimum absolute atomic E-state index is 0.0289. The van der Waals surface area contributed by atoms with Crippen LogP contribution in [-0.4, -0.2) is 0 Å². The molecule has 0 N–H and O–H groups in total. The van der Waals surface area contributed by atoms with Gasteiger partial charge in [0.2, 0.25) is 0 Å². The van der Waals surface area contributed by atoms with Gasteiger partial charge in [-0.3, -0.25) is 0 Å². The van der Waals surface area contributed by atoms with Gasteiger partial charge in [-0.15, -0.1) is 45.3 Å². The molecule has 0 aliphatic heterocycles. The normalized spacial score (nSPS) is 19.2. The van der Waals surface area contributed by atoms with Gasteiger partial charge < -0.3 is 0 Å². The molecule has 214 valence electrons. The lowest BCUT2D eigenvalue weighted by Crippen LogP contribution is -2.30. The van der Waals surface area contributed by atoms with Crippen molar-refractivity contribution < 1.29 is 0 Å². The molecule has 1 fully saturated rings. The lowest BCUT2D eigenvalue weighted by Gasteiger charge is -2.39. The Hall–Kier alpha value is -3.76. The van der Waals surface area contributed by atoms with Gasteiger partial charge in [-0.1, -0.05) is 31.4 Å². The molecule has 4 aliphatic carbocycles. The zero-order chi connectivity index (χ0) is 30.0. The van der Waals surface area contributed by atoms with Gasteiger partial charge in [-0.2, -0.15) is 21.0 Å². The fraction of sp³-hybridized carbons (Fsp3) is 0.333. The maximum atomic E-state index is 9.56. The second-order valence-corrected chi connectivity index (χ2v) is 16.3. The standard InChI is InChI=1S/C36H26N4S4/c37-16-24(17-38)20-6-4-8-22(12-20)26-14-28-30(36(26)10-2-1-3-11-36)32-34(42-28)35-33(44-32)31-29(43-35)15-27(41-31)23-9-5-7-21(13-23)25(18-39)19-40/h12-15H,1-11H2. The number of nitriles is 4. The van der Waals surface area contributed by atoms with Crippen LogP contribution in [-0.2, 0) is 5.41 Å². The van der Waals surface area contributed by atoms with E-state index >= 15 is 0 Å². The van der Waals surface area contributed by atoms with Gasteiger partial charge in [0.05, 0.1) is 23.5 Å². The second kappa shape index (κ2) is 10.7. The maximum Gasteiger partial charge on any atom is 0.132 e. The van der Waals surface area contributed by atoms with Crippen LogP contribution in [0.3, 0.4) is 0 Å². The molecule has 0 unspecified atom stereocenters. The summed E-state index contributed by atoms with van der Waals surface area (Å²) in [5.74, 6) is 0. The van der Waals surface area contributed by atoms with Gasteiger partial charge in [-0.25, -0.2) is 0 Å². The number of allylic oxidation sites excluding steroid dienone is 9. The predicted octanol–water partition coefficient (Wildman–Crippen LogP) is 11.4. The minimum atomic E-state index is 0.0289. The average molecular weight is 643 g/mol. The largest absolute Gasteiger partial charge is 0.192 e. The topological polar surface area (TPSA) is 95.2 Å². The quantitative estimate of drug-likeness (QED) is 0.203. The summed E-state index contributed by atoms with van der Waals surface area (Å²) in [6, 6.07) is 10.7. The molecule has 4 aromatic heterocycles. The Morgan fingerprint density at radius 3 is 1.89 bits per heavy atom. The molecule has 0 atom stereocenters. The summed E-state index contributed by atoms with van der Waals surface area (Å²) in [6.45, 7) is 0. The highest BCUT2D eigenvalue weighted by Gasteiger charge is 2.46. The smallest absolute Gasteiger partial charge is 0.132 e. The van der Waals surface area contributed by atoms with E-state index in [4.69, 9.17) is 0 Å². The Bertz CT molecular complexity index is 2220. The van der Waals surface area contributed by atoms with E-state index in [0.717, 1.165) is 49.7 Å². The lowest BCUT2D eigenvalue weighted by molar-refractivity contribution is 0.349. The summed E-state index contributed by atoms with van der Waals surface area (Å²) < 4.78 is 8.43. The zero-order valence-electron chi connectivity index (χ0n) is 24.0. The molecule has 0 aromatic carbocycles. The van der Waals surface area contributed by atoms with Gasteiger partial charge in [-0.05, 0) is 96.9 Å². The highest BCUT2D eigenvalue weighted by atomic mass is 32.1. The third kappa shape index (κ3) is 4.06. The van der Waals surface area contributed by atoms with E-state index < -0.39 is 0 Å². The van der Waals surface area contributed by atoms with Gasteiger partial charge in [0.15, 0.2) is 0 Å². The Morgan fingerprint density at radius 1 is 0.591 bits per heavy atom. The molecule has 4 nitrogen and oxygen atoms in total. The van der Waals surface area contributed by atoms with E-state index in [1.165, 1.54) is 86.8 Å². The third-order valence-electron chi connectivity index (χ3n) is 9.83. The van der Waals surface area contributed by atoms with Crippen LogP contribution >= 0.6 is 45.3 Å². The molecule has 0 saturated heterocycles. The van der Waals surface area contributed by atoms with Crippen molar-refractivity contribution in [2.75, 3.05) is 0 Å². The van der Waals surface area contributed by atoms with Gasteiger partial charge >= 0.3 is 0 Å². The van der Waals surface area contributed by atoms with Crippen LogP contribution in [0.5, 0.6) is 0 Å². The summed E-state index contributed by atoms with van der Waals surface area (Å²) in [6.07, 6.45) is 18.4. The lowest BCUT2D eigenvalue weighted by atomic mass is 9.65. The number of fused-ring (bicyclic) bond motifs is 8. The number of nitrogens with zero attached hydrogens (tertiary/aromatic N) is 4. The molecule has 1 saturated carbocycles. The van der Waals surface area contributed by atoms with Crippen molar-refractivity contribution in [1.82, 2.24) is 0 Å². The van der Waals surface area contributed by atoms with Crippen LogP contribution in [0, 0.1) is 45.3 Å². The van der Waals surface area contributed by atoms with Crippen LogP contribution in [0.15, 0.2) is 51.7 Å². The molecule has 0 bridgehead atoms. The van der Waals surface area contributed by atoms with Crippen LogP contribution in [0.4, 0.5) is 0 Å². The van der Waals surface area contributed by atoms with Crippen LogP contribution in [0.25, 0.3) is 39.8 Å². The Labute approximate surface area is 272 Å². The second-order valence-electron chi connectivity index (χ2n) is 12.2. The van der Waals surface area contributed by atoms with Gasteiger partial charge in [0, 0.05) is 19.9 Å². The third-order valence-corrected chi connectivity index (χ3v) is 15.2. The summed E-state index contributed by atoms with van der Waals surface area (Å²) in [5, 5.41) is 37.9. The molecular weight excluding hydrogens is 617 g/mol. The molecule has 4 heterocycles. The molecule has 4 aliphatic rings. The first-order valence-electron chi connectivity index (χ1n) is 15.2. The van der Waals surface area contributed by atoms with Crippen LogP contribution < -0.4 is 0 Å². The van der Waals surface area contributed by atoms with Crippen LogP contribution in [0.2, 0.25) is 0 Å². The molecule has 0 amide bonds. The number of thiophene rings is 4. The summed E-state index contributed by atoms with van der Waals surface area (Å²) >= 11 is 7.72. The van der Waals surface area contributed by atoms with E-state index in [9.17, 15) is 21.0 Å². The van der Waals surface area contributed by atoms with E-state index in [-0.39, 0.29) is 16.6 Å². The van der Waals surface area contributed by atoms with E-state index in [1.54, 1.807) is 5.56 Å². The fourth-order valence-electron chi connectivity index (χ4n) is 7.87. The fourth-order valence-corrected chi connectivity index (χ4v) is 13.9. The van der Waals surface area contributed by atoms with Crippen molar-refractivity contribution in [2.45, 2.75) is 76.0 Å². The first kappa shape index (κ1) is 27.8. The number of rotatable bonds is 2. The summed E-state index contributed by atoms with van der Waals surface area (Å²) in [7, 11) is 0. The summed E-state index contributed by atoms with van der Waals surface area (Å²) in [5.41, 5.74) is 7.90. The van der Waals surface area contributed by atoms with E-state index in [0.29, 0.717) is 0 Å². The predicted molar refractivity (Wildman–Crippen MR) is 183 cm³/mol. The average Bonchev–Trinajstić information content (AvgIpc) is 3.84. The molecule has 8 heteroatoms. The van der Waals surface area contributed by atoms with Crippen molar-refractivity contribution in [1.29, 1.82) is 21.0 Å². The SMILES string of the molecule is N#CC(C#N)=C1C=C(C2=Cc3sc4c(sc5c6sc(C7=CC(=C(C#N)C#N)CCC7)cc6sc45)c3C23CCCCC3)CCC1. The Balaban J connectivity index is 1.25. The summed E-state index contributed by atoms with van der Waals surface area (Å²) in [4.78, 5) is 2.68. The molecule has 4 aromatic rings. The minimum Gasteiger partial charge on any atom is -0.192 e. The molecular formula is C36H26N4S4. The van der Waals surface area contributed by atoms with Gasteiger partial charge in [0.1, 0.15) is 35.4 Å². The maximum absolute atomic E-state index is 9.56. The molecule has 1 spiro atoms. The Kier molecular flexibility index (Phi) is 6.75. The van der Waals surface area contributed by atoms with Crippen molar-refractivity contribution >= 4 is 85.2 Å².